The van der Waals surface area contributed by atoms with E-state index in [1.807, 2.05) is 38.1 Å². The molecule has 132 valence electrons. The van der Waals surface area contributed by atoms with E-state index >= 15 is 0 Å². The number of halogens is 1. The van der Waals surface area contributed by atoms with Gasteiger partial charge in [-0.3, -0.25) is 0 Å². The lowest BCUT2D eigenvalue weighted by Crippen LogP contribution is -2.13. The first-order valence-electron chi connectivity index (χ1n) is 7.59. The second kappa shape index (κ2) is 7.03. The molecule has 0 unspecified atom stereocenters. The van der Waals surface area contributed by atoms with Crippen molar-refractivity contribution < 1.29 is 12.9 Å². The highest BCUT2D eigenvalue weighted by atomic mass is 79.9. The van der Waals surface area contributed by atoms with Crippen LogP contribution in [0.4, 0.5) is 0 Å². The summed E-state index contributed by atoms with van der Waals surface area (Å²) < 4.78 is 30.3. The van der Waals surface area contributed by atoms with Gasteiger partial charge in [0.15, 0.2) is 5.76 Å². The molecule has 0 aliphatic heterocycles. The molecule has 0 fully saturated rings. The topological polar surface area (TPSA) is 86.2 Å². The number of sulfonamides is 1. The fourth-order valence-corrected chi connectivity index (χ4v) is 5.13. The Labute approximate surface area is 159 Å². The minimum atomic E-state index is -3.80. The van der Waals surface area contributed by atoms with E-state index in [1.165, 1.54) is 11.1 Å². The maximum absolute atomic E-state index is 12.0. The number of nitrogens with zero attached hydrogens (tertiary/aromatic N) is 1. The summed E-state index contributed by atoms with van der Waals surface area (Å²) in [5, 5.41) is 11.1. The fraction of sp³-hybridized carbons (Fsp3) is 0.235. The van der Waals surface area contributed by atoms with Crippen molar-refractivity contribution in [3.8, 4) is 11.3 Å². The van der Waals surface area contributed by atoms with E-state index in [0.717, 1.165) is 21.4 Å². The van der Waals surface area contributed by atoms with Crippen molar-refractivity contribution in [2.75, 3.05) is 0 Å². The van der Waals surface area contributed by atoms with Gasteiger partial charge in [0.2, 0.25) is 10.0 Å². The molecule has 3 aromatic rings. The minimum absolute atomic E-state index is 0.178. The zero-order valence-corrected chi connectivity index (χ0v) is 17.0. The maximum Gasteiger partial charge on any atom is 0.247 e. The molecule has 2 heterocycles. The molecule has 8 heteroatoms. The largest absolute Gasteiger partial charge is 0.355 e. The SMILES string of the molecule is Cc1ccccc1CCc1c(-c2onc(C)c2Br)csc1S(N)(=O)=O. The van der Waals surface area contributed by atoms with Crippen LogP contribution in [0.3, 0.4) is 0 Å². The summed E-state index contributed by atoms with van der Waals surface area (Å²) in [6, 6.07) is 8.06. The normalized spacial score (nSPS) is 11.8. The van der Waals surface area contributed by atoms with E-state index in [9.17, 15) is 8.42 Å². The number of thiophene rings is 1. The predicted molar refractivity (Wildman–Crippen MR) is 102 cm³/mol. The van der Waals surface area contributed by atoms with Gasteiger partial charge in [0.05, 0.1) is 10.2 Å². The Kier molecular flexibility index (Phi) is 5.15. The Hall–Kier alpha value is -1.48. The quantitative estimate of drug-likeness (QED) is 0.643. The van der Waals surface area contributed by atoms with Gasteiger partial charge in [-0.05, 0) is 59.3 Å². The number of aromatic nitrogens is 1. The van der Waals surface area contributed by atoms with E-state index < -0.39 is 10.0 Å². The van der Waals surface area contributed by atoms with Crippen LogP contribution in [0.5, 0.6) is 0 Å². The lowest BCUT2D eigenvalue weighted by Gasteiger charge is -2.08. The number of primary sulfonamides is 1. The standard InChI is InChI=1S/C17H17BrN2O3S2/c1-10-5-3-4-6-12(10)7-8-13-14(9-24-17(13)25(19,21)22)16-15(18)11(2)20-23-16/h3-6,9H,7-8H2,1-2H3,(H2,19,21,22). The third kappa shape index (κ3) is 3.72. The fourth-order valence-electron chi connectivity index (χ4n) is 2.71. The number of nitrogens with two attached hydrogens (primary N) is 1. The zero-order chi connectivity index (χ0) is 18.2. The summed E-state index contributed by atoms with van der Waals surface area (Å²) in [6.45, 7) is 3.86. The van der Waals surface area contributed by atoms with Crippen molar-refractivity contribution in [2.45, 2.75) is 30.9 Å². The van der Waals surface area contributed by atoms with Gasteiger partial charge in [-0.1, -0.05) is 29.4 Å². The molecule has 5 nitrogen and oxygen atoms in total. The number of hydrogen-bond acceptors (Lipinski definition) is 5. The molecule has 2 N–H and O–H groups in total. The van der Waals surface area contributed by atoms with Crippen LogP contribution in [0.15, 0.2) is 42.9 Å². The molecule has 2 aromatic heterocycles. The molecule has 0 saturated heterocycles. The average molecular weight is 441 g/mol. The number of aryl methyl sites for hydroxylation is 3. The van der Waals surface area contributed by atoms with E-state index in [0.29, 0.717) is 29.9 Å². The molecule has 0 atom stereocenters. The van der Waals surface area contributed by atoms with Gasteiger partial charge in [-0.2, -0.15) is 0 Å². The Morgan fingerprint density at radius 3 is 2.56 bits per heavy atom. The molecule has 0 bridgehead atoms. The van der Waals surface area contributed by atoms with Gasteiger partial charge in [0.25, 0.3) is 0 Å². The van der Waals surface area contributed by atoms with Crippen LogP contribution in [0.2, 0.25) is 0 Å². The van der Waals surface area contributed by atoms with Gasteiger partial charge < -0.3 is 4.52 Å². The van der Waals surface area contributed by atoms with E-state index in [-0.39, 0.29) is 4.21 Å². The first-order valence-corrected chi connectivity index (χ1v) is 10.8. The Bertz CT molecular complexity index is 1020. The number of benzene rings is 1. The lowest BCUT2D eigenvalue weighted by atomic mass is 9.99. The summed E-state index contributed by atoms with van der Waals surface area (Å²) in [5.41, 5.74) is 4.45. The highest BCUT2D eigenvalue weighted by Gasteiger charge is 2.25. The van der Waals surface area contributed by atoms with Crippen LogP contribution >= 0.6 is 27.3 Å². The number of rotatable bonds is 5. The summed E-state index contributed by atoms with van der Waals surface area (Å²) >= 11 is 4.57. The van der Waals surface area contributed by atoms with E-state index in [4.69, 9.17) is 9.66 Å². The van der Waals surface area contributed by atoms with Crippen molar-refractivity contribution in [2.24, 2.45) is 5.14 Å². The van der Waals surface area contributed by atoms with Crippen molar-refractivity contribution in [1.82, 2.24) is 5.16 Å². The van der Waals surface area contributed by atoms with Crippen LogP contribution in [-0.4, -0.2) is 13.6 Å². The molecule has 0 aliphatic carbocycles. The number of hydrogen-bond donors (Lipinski definition) is 1. The van der Waals surface area contributed by atoms with Crippen molar-refractivity contribution >= 4 is 37.3 Å². The molecule has 0 radical (unpaired) electrons. The molecule has 0 saturated carbocycles. The van der Waals surface area contributed by atoms with Gasteiger partial charge >= 0.3 is 0 Å². The molecular formula is C17H17BrN2O3S2. The maximum atomic E-state index is 12.0. The molecule has 25 heavy (non-hydrogen) atoms. The second-order valence-corrected chi connectivity index (χ2v) is 9.23. The van der Waals surface area contributed by atoms with Crippen LogP contribution < -0.4 is 5.14 Å². The summed E-state index contributed by atoms with van der Waals surface area (Å²) in [6.07, 6.45) is 1.26. The summed E-state index contributed by atoms with van der Waals surface area (Å²) in [7, 11) is -3.80. The Morgan fingerprint density at radius 1 is 1.24 bits per heavy atom. The summed E-state index contributed by atoms with van der Waals surface area (Å²) in [4.78, 5) is 0. The van der Waals surface area contributed by atoms with Gasteiger partial charge in [-0.15, -0.1) is 11.3 Å². The molecule has 0 amide bonds. The van der Waals surface area contributed by atoms with Crippen molar-refractivity contribution in [1.29, 1.82) is 0 Å². The Balaban J connectivity index is 2.05. The van der Waals surface area contributed by atoms with Gasteiger partial charge in [-0.25, -0.2) is 13.6 Å². The molecule has 1 aromatic carbocycles. The van der Waals surface area contributed by atoms with Gasteiger partial charge in [0, 0.05) is 10.9 Å². The molecule has 0 aliphatic rings. The highest BCUT2D eigenvalue weighted by Crippen LogP contribution is 2.39. The smallest absolute Gasteiger partial charge is 0.247 e. The van der Waals surface area contributed by atoms with Gasteiger partial charge in [0.1, 0.15) is 4.21 Å². The second-order valence-electron chi connectivity index (χ2n) is 5.80. The first kappa shape index (κ1) is 18.3. The highest BCUT2D eigenvalue weighted by molar-refractivity contribution is 9.10. The van der Waals surface area contributed by atoms with Crippen LogP contribution in [0.25, 0.3) is 11.3 Å². The first-order chi connectivity index (χ1) is 11.8. The lowest BCUT2D eigenvalue weighted by molar-refractivity contribution is 0.426. The third-order valence-electron chi connectivity index (χ3n) is 4.05. The monoisotopic (exact) mass is 440 g/mol. The minimum Gasteiger partial charge on any atom is -0.355 e. The summed E-state index contributed by atoms with van der Waals surface area (Å²) in [5.74, 6) is 0.531. The average Bonchev–Trinajstić information content (AvgIpc) is 3.11. The van der Waals surface area contributed by atoms with Crippen LogP contribution in [0, 0.1) is 13.8 Å². The Morgan fingerprint density at radius 2 is 1.96 bits per heavy atom. The van der Waals surface area contributed by atoms with E-state index in [1.54, 1.807) is 5.38 Å². The molecule has 0 spiro atoms. The molecular weight excluding hydrogens is 424 g/mol. The van der Waals surface area contributed by atoms with E-state index in [2.05, 4.69) is 21.1 Å². The van der Waals surface area contributed by atoms with Crippen LogP contribution in [0.1, 0.15) is 22.4 Å². The predicted octanol–water partition coefficient (Wildman–Crippen LogP) is 4.22. The van der Waals surface area contributed by atoms with Crippen LogP contribution in [-0.2, 0) is 22.9 Å². The van der Waals surface area contributed by atoms with Crippen molar-refractivity contribution in [3.05, 3.63) is 56.5 Å². The molecule has 3 rings (SSSR count). The third-order valence-corrected chi connectivity index (χ3v) is 7.55. The van der Waals surface area contributed by atoms with Crippen molar-refractivity contribution in [3.63, 3.8) is 0 Å². The zero-order valence-electron chi connectivity index (χ0n) is 13.7.